The van der Waals surface area contributed by atoms with E-state index in [1.807, 2.05) is 36.4 Å². The van der Waals surface area contributed by atoms with Crippen LogP contribution in [-0.2, 0) is 16.0 Å². The number of unbranched alkanes of at least 4 members (excludes halogenated alkanes) is 1. The molecule has 1 aliphatic rings. The van der Waals surface area contributed by atoms with Crippen molar-refractivity contribution in [3.8, 4) is 5.75 Å². The van der Waals surface area contributed by atoms with Gasteiger partial charge in [-0.15, -0.1) is 11.3 Å². The minimum Gasteiger partial charge on any atom is -0.477 e. The molecule has 2 aromatic carbocycles. The third-order valence-corrected chi connectivity index (χ3v) is 6.08. The number of nitrogens with zero attached hydrogens (tertiary/aromatic N) is 2. The molecule has 3 aromatic rings. The minimum absolute atomic E-state index is 0.0129. The maximum atomic E-state index is 12.9. The monoisotopic (exact) mass is 409 g/mol. The normalized spacial score (nSPS) is 15.6. The third kappa shape index (κ3) is 4.24. The molecule has 1 aromatic heterocycles. The van der Waals surface area contributed by atoms with Crippen LogP contribution < -0.4 is 15.0 Å². The molecule has 0 saturated heterocycles. The summed E-state index contributed by atoms with van der Waals surface area (Å²) in [6.45, 7) is 0.230. The first-order valence-electron chi connectivity index (χ1n) is 9.78. The number of para-hydroxylation sites is 3. The Morgan fingerprint density at radius 1 is 1.17 bits per heavy atom. The van der Waals surface area contributed by atoms with Crippen LogP contribution in [0.1, 0.15) is 24.3 Å². The largest absolute Gasteiger partial charge is 0.477 e. The highest BCUT2D eigenvalue weighted by Crippen LogP contribution is 2.33. The number of hydrogen-bond donors (Lipinski definition) is 1. The fourth-order valence-corrected chi connectivity index (χ4v) is 4.49. The number of nitrogens with one attached hydrogen (secondary N) is 1. The van der Waals surface area contributed by atoms with Crippen molar-refractivity contribution in [1.82, 2.24) is 10.3 Å². The van der Waals surface area contributed by atoms with E-state index in [2.05, 4.69) is 16.4 Å². The fraction of sp³-hybridized carbons (Fsp3) is 0.318. The highest BCUT2D eigenvalue weighted by molar-refractivity contribution is 7.18. The minimum atomic E-state index is -0.693. The molecule has 0 radical (unpaired) electrons. The number of fused-ring (bicyclic) bond motifs is 2. The molecule has 2 amide bonds. The van der Waals surface area contributed by atoms with Gasteiger partial charge in [-0.25, -0.2) is 4.98 Å². The number of carbonyl (C=O) groups is 2. The SMILES string of the molecule is CNC(=O)[C@@H]1CN(C(=O)CCCCc2nc3ccccc3s2)c2ccccc2O1. The Hall–Kier alpha value is -2.93. The predicted octanol–water partition coefficient (Wildman–Crippen LogP) is 3.55. The molecule has 29 heavy (non-hydrogen) atoms. The van der Waals surface area contributed by atoms with Crippen LogP contribution in [0.3, 0.4) is 0 Å². The van der Waals surface area contributed by atoms with Gasteiger partial charge >= 0.3 is 0 Å². The van der Waals surface area contributed by atoms with Gasteiger partial charge in [-0.1, -0.05) is 24.3 Å². The molecular weight excluding hydrogens is 386 g/mol. The summed E-state index contributed by atoms with van der Waals surface area (Å²) in [6.07, 6.45) is 2.28. The second-order valence-corrected chi connectivity index (χ2v) is 8.09. The van der Waals surface area contributed by atoms with E-state index < -0.39 is 6.10 Å². The summed E-state index contributed by atoms with van der Waals surface area (Å²) in [5, 5.41) is 3.71. The molecule has 4 rings (SSSR count). The lowest BCUT2D eigenvalue weighted by atomic mass is 10.1. The van der Waals surface area contributed by atoms with Crippen molar-refractivity contribution in [2.24, 2.45) is 0 Å². The van der Waals surface area contributed by atoms with Gasteiger partial charge in [0.2, 0.25) is 5.91 Å². The first kappa shape index (κ1) is 19.4. The standard InChI is InChI=1S/C22H23N3O3S/c1-23-22(27)18-14-25(16-9-3-4-10-17(16)28-18)21(26)13-7-6-12-20-24-15-8-2-5-11-19(15)29-20/h2-5,8-11,18H,6-7,12-14H2,1H3,(H,23,27)/t18-/m0/s1. The zero-order valence-electron chi connectivity index (χ0n) is 16.3. The number of hydrogen-bond acceptors (Lipinski definition) is 5. The van der Waals surface area contributed by atoms with Crippen molar-refractivity contribution in [2.75, 3.05) is 18.5 Å². The Morgan fingerprint density at radius 3 is 2.79 bits per heavy atom. The maximum absolute atomic E-state index is 12.9. The number of thiazole rings is 1. The molecule has 0 saturated carbocycles. The lowest BCUT2D eigenvalue weighted by molar-refractivity contribution is -0.127. The molecule has 1 aliphatic heterocycles. The summed E-state index contributed by atoms with van der Waals surface area (Å²) in [7, 11) is 1.57. The van der Waals surface area contributed by atoms with Crippen LogP contribution in [0, 0.1) is 0 Å². The molecule has 150 valence electrons. The first-order valence-corrected chi connectivity index (χ1v) is 10.6. The molecule has 0 unspecified atom stereocenters. The van der Waals surface area contributed by atoms with Gasteiger partial charge in [-0.2, -0.15) is 0 Å². The summed E-state index contributed by atoms with van der Waals surface area (Å²) < 4.78 is 6.96. The van der Waals surface area contributed by atoms with E-state index >= 15 is 0 Å². The van der Waals surface area contributed by atoms with Gasteiger partial charge in [0.25, 0.3) is 5.91 Å². The summed E-state index contributed by atoms with van der Waals surface area (Å²) >= 11 is 1.71. The highest BCUT2D eigenvalue weighted by Gasteiger charge is 2.32. The van der Waals surface area contributed by atoms with Gasteiger partial charge in [-0.3, -0.25) is 9.59 Å². The van der Waals surface area contributed by atoms with Crippen LogP contribution in [0.25, 0.3) is 10.2 Å². The molecule has 0 spiro atoms. The van der Waals surface area contributed by atoms with Crippen LogP contribution in [0.5, 0.6) is 5.75 Å². The number of aryl methyl sites for hydroxylation is 1. The number of rotatable bonds is 6. The van der Waals surface area contributed by atoms with Gasteiger partial charge in [-0.05, 0) is 43.5 Å². The van der Waals surface area contributed by atoms with E-state index in [1.165, 1.54) is 4.70 Å². The van der Waals surface area contributed by atoms with E-state index in [-0.39, 0.29) is 18.4 Å². The molecule has 0 bridgehead atoms. The van der Waals surface area contributed by atoms with Crippen LogP contribution >= 0.6 is 11.3 Å². The van der Waals surface area contributed by atoms with Crippen LogP contribution in [-0.4, -0.2) is 36.5 Å². The van der Waals surface area contributed by atoms with Crippen molar-refractivity contribution in [3.05, 3.63) is 53.5 Å². The topological polar surface area (TPSA) is 71.5 Å². The van der Waals surface area contributed by atoms with E-state index in [0.717, 1.165) is 35.5 Å². The second-order valence-electron chi connectivity index (χ2n) is 6.98. The van der Waals surface area contributed by atoms with Gasteiger partial charge in [0.15, 0.2) is 6.10 Å². The number of ether oxygens (including phenoxy) is 1. The molecule has 0 fully saturated rings. The zero-order chi connectivity index (χ0) is 20.2. The summed E-state index contributed by atoms with van der Waals surface area (Å²) in [4.78, 5) is 31.3. The summed E-state index contributed by atoms with van der Waals surface area (Å²) in [5.74, 6) is 0.349. The number of aromatic nitrogens is 1. The molecule has 7 heteroatoms. The van der Waals surface area contributed by atoms with Crippen molar-refractivity contribution in [2.45, 2.75) is 31.8 Å². The lowest BCUT2D eigenvalue weighted by Gasteiger charge is -2.34. The predicted molar refractivity (Wildman–Crippen MR) is 114 cm³/mol. The Balaban J connectivity index is 1.36. The first-order chi connectivity index (χ1) is 14.2. The number of benzene rings is 2. The van der Waals surface area contributed by atoms with Gasteiger partial charge < -0.3 is 15.0 Å². The smallest absolute Gasteiger partial charge is 0.262 e. The number of amides is 2. The van der Waals surface area contributed by atoms with Crippen LogP contribution in [0.4, 0.5) is 5.69 Å². The van der Waals surface area contributed by atoms with Gasteiger partial charge in [0.05, 0.1) is 27.5 Å². The van der Waals surface area contributed by atoms with Crippen LogP contribution in [0.2, 0.25) is 0 Å². The van der Waals surface area contributed by atoms with Crippen molar-refractivity contribution in [3.63, 3.8) is 0 Å². The molecule has 2 heterocycles. The Kier molecular flexibility index (Phi) is 5.76. The van der Waals surface area contributed by atoms with Crippen LogP contribution in [0.15, 0.2) is 48.5 Å². The Morgan fingerprint density at radius 2 is 1.97 bits per heavy atom. The zero-order valence-corrected chi connectivity index (χ0v) is 17.1. The van der Waals surface area contributed by atoms with E-state index in [9.17, 15) is 9.59 Å². The molecule has 6 nitrogen and oxygen atoms in total. The number of carbonyl (C=O) groups excluding carboxylic acids is 2. The summed E-state index contributed by atoms with van der Waals surface area (Å²) in [6, 6.07) is 15.5. The molecule has 0 aliphatic carbocycles. The fourth-order valence-electron chi connectivity index (χ4n) is 3.48. The summed E-state index contributed by atoms with van der Waals surface area (Å²) in [5.41, 5.74) is 1.76. The average molecular weight is 410 g/mol. The average Bonchev–Trinajstić information content (AvgIpc) is 3.18. The second kappa shape index (κ2) is 8.61. The molecule has 1 N–H and O–H groups in total. The number of anilines is 1. The lowest BCUT2D eigenvalue weighted by Crippen LogP contribution is -2.50. The number of likely N-dealkylation sites (N-methyl/N-ethyl adjacent to an activating group) is 1. The van der Waals surface area contributed by atoms with E-state index in [0.29, 0.717) is 12.2 Å². The van der Waals surface area contributed by atoms with Crippen molar-refractivity contribution in [1.29, 1.82) is 0 Å². The molecular formula is C22H23N3O3S. The Labute approximate surface area is 173 Å². The quantitative estimate of drug-likeness (QED) is 0.632. The van der Waals surface area contributed by atoms with Crippen molar-refractivity contribution >= 4 is 39.1 Å². The van der Waals surface area contributed by atoms with Crippen molar-refractivity contribution < 1.29 is 14.3 Å². The molecule has 1 atom stereocenters. The van der Waals surface area contributed by atoms with Gasteiger partial charge in [0.1, 0.15) is 5.75 Å². The third-order valence-electron chi connectivity index (χ3n) is 4.98. The van der Waals surface area contributed by atoms with Gasteiger partial charge in [0, 0.05) is 13.5 Å². The van der Waals surface area contributed by atoms with E-state index in [4.69, 9.17) is 4.74 Å². The Bertz CT molecular complexity index is 1000. The van der Waals surface area contributed by atoms with E-state index in [1.54, 1.807) is 29.4 Å². The maximum Gasteiger partial charge on any atom is 0.262 e. The highest BCUT2D eigenvalue weighted by atomic mass is 32.1.